The average Bonchev–Trinajstić information content (AvgIpc) is 3.10. The predicted octanol–water partition coefficient (Wildman–Crippen LogP) is 5.71. The predicted molar refractivity (Wildman–Crippen MR) is 117 cm³/mol. The first-order valence-electron chi connectivity index (χ1n) is 8.75. The summed E-state index contributed by atoms with van der Waals surface area (Å²) < 4.78 is 20.8. The van der Waals surface area contributed by atoms with Crippen LogP contribution in [0, 0.1) is 5.82 Å². The Morgan fingerprint density at radius 1 is 1.17 bits per heavy atom. The molecule has 6 nitrogen and oxygen atoms in total. The lowest BCUT2D eigenvalue weighted by Gasteiger charge is -2.10. The minimum absolute atomic E-state index is 0.0587. The summed E-state index contributed by atoms with van der Waals surface area (Å²) in [5.74, 6) is 0.348. The third kappa shape index (κ3) is 5.78. The van der Waals surface area contributed by atoms with Gasteiger partial charge >= 0.3 is 0 Å². The molecule has 0 saturated heterocycles. The van der Waals surface area contributed by atoms with Gasteiger partial charge in [-0.1, -0.05) is 46.6 Å². The highest BCUT2D eigenvalue weighted by molar-refractivity contribution is 7.99. The van der Waals surface area contributed by atoms with Gasteiger partial charge in [0.1, 0.15) is 18.2 Å². The Balaban J connectivity index is 1.59. The van der Waals surface area contributed by atoms with Gasteiger partial charge in [-0.05, 0) is 43.3 Å². The smallest absolute Gasteiger partial charge is 0.234 e. The molecule has 11 heteroatoms. The number of anilines is 1. The topological polar surface area (TPSA) is 69.0 Å². The molecule has 3 rings (SSSR count). The summed E-state index contributed by atoms with van der Waals surface area (Å²) in [7, 11) is 0. The van der Waals surface area contributed by atoms with Gasteiger partial charge in [0.15, 0.2) is 11.0 Å². The van der Waals surface area contributed by atoms with Crippen LogP contribution in [0.3, 0.4) is 0 Å². The molecule has 0 saturated carbocycles. The molecule has 0 fully saturated rings. The zero-order valence-corrected chi connectivity index (χ0v) is 18.7. The van der Waals surface area contributed by atoms with Crippen molar-refractivity contribution in [2.45, 2.75) is 25.2 Å². The third-order valence-corrected chi connectivity index (χ3v) is 5.68. The number of hydrogen-bond acceptors (Lipinski definition) is 5. The monoisotopic (exact) mass is 488 g/mol. The van der Waals surface area contributed by atoms with Gasteiger partial charge < -0.3 is 14.6 Å². The van der Waals surface area contributed by atoms with Crippen molar-refractivity contribution in [3.63, 3.8) is 0 Å². The van der Waals surface area contributed by atoms with Crippen LogP contribution in [0.5, 0.6) is 5.75 Å². The molecule has 0 spiro atoms. The summed E-state index contributed by atoms with van der Waals surface area (Å²) in [5, 5.41) is 12.4. The first-order valence-corrected chi connectivity index (χ1v) is 10.9. The second kappa shape index (κ2) is 10.3. The number of benzene rings is 2. The number of nitrogens with zero attached hydrogens (tertiary/aromatic N) is 3. The summed E-state index contributed by atoms with van der Waals surface area (Å²) in [6.07, 6.45) is 0. The standard InChI is InChI=1S/C19H16Cl3FN4O2S/c1-2-27-17(9-29-16-6-3-11(20)7-14(16)22)25-26-19(27)30-10-18(28)24-12-4-5-15(23)13(21)8-12/h3-8H,2,9-10H2,1H3,(H,24,28). The van der Waals surface area contributed by atoms with Crippen molar-refractivity contribution in [3.8, 4) is 5.75 Å². The van der Waals surface area contributed by atoms with Crippen LogP contribution < -0.4 is 10.1 Å². The summed E-state index contributed by atoms with van der Waals surface area (Å²) >= 11 is 18.9. The average molecular weight is 490 g/mol. The summed E-state index contributed by atoms with van der Waals surface area (Å²) in [5.41, 5.74) is 0.415. The van der Waals surface area contributed by atoms with Crippen molar-refractivity contribution >= 4 is 58.2 Å². The summed E-state index contributed by atoms with van der Waals surface area (Å²) in [6, 6.07) is 8.94. The molecule has 1 amide bonds. The Labute approximate surface area is 191 Å². The maximum Gasteiger partial charge on any atom is 0.234 e. The Hall–Kier alpha value is -2.00. The van der Waals surface area contributed by atoms with Crippen molar-refractivity contribution in [2.24, 2.45) is 0 Å². The highest BCUT2D eigenvalue weighted by atomic mass is 35.5. The van der Waals surface area contributed by atoms with E-state index in [2.05, 4.69) is 15.5 Å². The van der Waals surface area contributed by atoms with Crippen molar-refractivity contribution in [1.29, 1.82) is 0 Å². The maximum atomic E-state index is 13.2. The van der Waals surface area contributed by atoms with Gasteiger partial charge in [0, 0.05) is 17.3 Å². The number of halogens is 4. The molecule has 0 radical (unpaired) electrons. The molecule has 30 heavy (non-hydrogen) atoms. The molecule has 1 N–H and O–H groups in total. The molecule has 1 aromatic heterocycles. The van der Waals surface area contributed by atoms with E-state index in [0.717, 1.165) is 0 Å². The summed E-state index contributed by atoms with van der Waals surface area (Å²) in [6.45, 7) is 2.69. The van der Waals surface area contributed by atoms with Gasteiger partial charge in [0.2, 0.25) is 5.91 Å². The quantitative estimate of drug-likeness (QED) is 0.411. The number of amides is 1. The van der Waals surface area contributed by atoms with E-state index in [-0.39, 0.29) is 23.3 Å². The molecule has 0 aliphatic heterocycles. The lowest BCUT2D eigenvalue weighted by Crippen LogP contribution is -2.15. The fourth-order valence-corrected chi connectivity index (χ4v) is 3.95. The minimum Gasteiger partial charge on any atom is -0.484 e. The Bertz CT molecular complexity index is 1060. The fourth-order valence-electron chi connectivity index (χ4n) is 2.49. The van der Waals surface area contributed by atoms with Gasteiger partial charge in [-0.2, -0.15) is 0 Å². The van der Waals surface area contributed by atoms with Crippen molar-refractivity contribution in [2.75, 3.05) is 11.1 Å². The highest BCUT2D eigenvalue weighted by Gasteiger charge is 2.15. The molecule has 0 aliphatic carbocycles. The van der Waals surface area contributed by atoms with Gasteiger partial charge in [-0.3, -0.25) is 4.79 Å². The Kier molecular flexibility index (Phi) is 7.82. The van der Waals surface area contributed by atoms with Crippen LogP contribution in [-0.4, -0.2) is 26.4 Å². The molecule has 0 aliphatic rings. The number of nitrogens with one attached hydrogen (secondary N) is 1. The SMILES string of the molecule is CCn1c(COc2ccc(Cl)cc2Cl)nnc1SCC(=O)Nc1ccc(F)c(Cl)c1. The van der Waals surface area contributed by atoms with Crippen LogP contribution in [0.15, 0.2) is 41.6 Å². The normalized spacial score (nSPS) is 10.8. The lowest BCUT2D eigenvalue weighted by molar-refractivity contribution is -0.113. The van der Waals surface area contributed by atoms with Crippen LogP contribution in [0.4, 0.5) is 10.1 Å². The van der Waals surface area contributed by atoms with Gasteiger partial charge in [0.25, 0.3) is 0 Å². The molecule has 0 unspecified atom stereocenters. The lowest BCUT2D eigenvalue weighted by atomic mass is 10.3. The number of aromatic nitrogens is 3. The molecule has 0 bridgehead atoms. The zero-order valence-electron chi connectivity index (χ0n) is 15.7. The molecule has 2 aromatic carbocycles. The number of hydrogen-bond donors (Lipinski definition) is 1. The number of carbonyl (C=O) groups excluding carboxylic acids is 1. The van der Waals surface area contributed by atoms with Crippen molar-refractivity contribution in [3.05, 3.63) is 63.1 Å². The fraction of sp³-hybridized carbons (Fsp3) is 0.211. The van der Waals surface area contributed by atoms with Crippen LogP contribution in [-0.2, 0) is 17.9 Å². The number of thioether (sulfide) groups is 1. The molecule has 3 aromatic rings. The van der Waals surface area contributed by atoms with Crippen molar-refractivity contribution in [1.82, 2.24) is 14.8 Å². The first kappa shape index (κ1) is 22.7. The molecule has 158 valence electrons. The number of ether oxygens (including phenoxy) is 1. The van der Waals surface area contributed by atoms with Gasteiger partial charge in [-0.25, -0.2) is 4.39 Å². The largest absolute Gasteiger partial charge is 0.484 e. The zero-order chi connectivity index (χ0) is 21.7. The van der Waals surface area contributed by atoms with E-state index in [4.69, 9.17) is 39.5 Å². The molecule has 0 atom stereocenters. The first-order chi connectivity index (χ1) is 14.4. The van der Waals surface area contributed by atoms with Crippen LogP contribution in [0.25, 0.3) is 0 Å². The van der Waals surface area contributed by atoms with Crippen LogP contribution in [0.2, 0.25) is 15.1 Å². The van der Waals surface area contributed by atoms with E-state index in [9.17, 15) is 9.18 Å². The number of rotatable bonds is 8. The van der Waals surface area contributed by atoms with Crippen LogP contribution in [0.1, 0.15) is 12.7 Å². The molecular formula is C19H16Cl3FN4O2S. The maximum absolute atomic E-state index is 13.2. The Morgan fingerprint density at radius 2 is 1.97 bits per heavy atom. The second-order valence-electron chi connectivity index (χ2n) is 5.97. The summed E-state index contributed by atoms with van der Waals surface area (Å²) in [4.78, 5) is 12.2. The van der Waals surface area contributed by atoms with Gasteiger partial charge in [0.05, 0.1) is 15.8 Å². The second-order valence-corrected chi connectivity index (χ2v) is 8.17. The van der Waals surface area contributed by atoms with Crippen molar-refractivity contribution < 1.29 is 13.9 Å². The van der Waals surface area contributed by atoms with E-state index in [1.165, 1.54) is 30.0 Å². The van der Waals surface area contributed by atoms with Crippen LogP contribution >= 0.6 is 46.6 Å². The van der Waals surface area contributed by atoms with E-state index in [1.54, 1.807) is 18.2 Å². The molecular weight excluding hydrogens is 474 g/mol. The van der Waals surface area contributed by atoms with E-state index in [1.807, 2.05) is 11.5 Å². The van der Waals surface area contributed by atoms with Gasteiger partial charge in [-0.15, -0.1) is 10.2 Å². The van der Waals surface area contributed by atoms with E-state index in [0.29, 0.717) is 39.0 Å². The highest BCUT2D eigenvalue weighted by Crippen LogP contribution is 2.28. The molecule has 1 heterocycles. The van der Waals surface area contributed by atoms with E-state index < -0.39 is 5.82 Å². The van der Waals surface area contributed by atoms with E-state index >= 15 is 0 Å². The third-order valence-electron chi connectivity index (χ3n) is 3.90. The minimum atomic E-state index is -0.547. The number of carbonyl (C=O) groups is 1. The Morgan fingerprint density at radius 3 is 2.67 bits per heavy atom.